The van der Waals surface area contributed by atoms with Crippen molar-refractivity contribution in [1.29, 1.82) is 0 Å². The van der Waals surface area contributed by atoms with E-state index in [4.69, 9.17) is 4.52 Å². The van der Waals surface area contributed by atoms with E-state index in [9.17, 15) is 5.11 Å². The number of piperidine rings is 1. The molecule has 0 aliphatic carbocycles. The zero-order valence-corrected chi connectivity index (χ0v) is 14.9. The van der Waals surface area contributed by atoms with E-state index in [-0.39, 0.29) is 6.10 Å². The highest BCUT2D eigenvalue weighted by Crippen LogP contribution is 2.31. The highest BCUT2D eigenvalue weighted by Gasteiger charge is 2.26. The fraction of sp³-hybridized carbons (Fsp3) is 0.350. The normalized spacial score (nSPS) is 17.6. The Kier molecular flexibility index (Phi) is 4.97. The maximum absolute atomic E-state index is 10.6. The first-order chi connectivity index (χ1) is 12.3. The number of nitrogens with zero attached hydrogens (tertiary/aromatic N) is 2. The Hall–Kier alpha value is -1.95. The Labute approximate surface area is 151 Å². The SMILES string of the molecule is OC(c1ccccc1)C1CCN(Cc2cc(-c3cccs3)on2)CC1. The smallest absolute Gasteiger partial charge is 0.177 e. The van der Waals surface area contributed by atoms with E-state index < -0.39 is 0 Å². The van der Waals surface area contributed by atoms with Crippen molar-refractivity contribution in [3.63, 3.8) is 0 Å². The largest absolute Gasteiger partial charge is 0.388 e. The molecule has 2 aromatic heterocycles. The third-order valence-corrected chi connectivity index (χ3v) is 5.81. The van der Waals surface area contributed by atoms with Crippen LogP contribution in [-0.2, 0) is 6.54 Å². The molecular weight excluding hydrogens is 332 g/mol. The molecule has 4 rings (SSSR count). The molecule has 1 atom stereocenters. The zero-order chi connectivity index (χ0) is 17.1. The van der Waals surface area contributed by atoms with Crippen LogP contribution in [0.25, 0.3) is 10.6 Å². The van der Waals surface area contributed by atoms with Gasteiger partial charge in [0, 0.05) is 12.6 Å². The lowest BCUT2D eigenvalue weighted by Gasteiger charge is -2.33. The van der Waals surface area contributed by atoms with Gasteiger partial charge < -0.3 is 9.63 Å². The van der Waals surface area contributed by atoms with Gasteiger partial charge in [0.15, 0.2) is 5.76 Å². The lowest BCUT2D eigenvalue weighted by Crippen LogP contribution is -2.35. The van der Waals surface area contributed by atoms with Gasteiger partial charge in [-0.25, -0.2) is 0 Å². The lowest BCUT2D eigenvalue weighted by atomic mass is 9.87. The van der Waals surface area contributed by atoms with Gasteiger partial charge >= 0.3 is 0 Å². The number of thiophene rings is 1. The monoisotopic (exact) mass is 354 g/mol. The van der Waals surface area contributed by atoms with Crippen LogP contribution in [0.2, 0.25) is 0 Å². The molecule has 0 spiro atoms. The number of benzene rings is 1. The van der Waals surface area contributed by atoms with Crippen molar-refractivity contribution >= 4 is 11.3 Å². The molecule has 3 aromatic rings. The van der Waals surface area contributed by atoms with Gasteiger partial charge in [0.2, 0.25) is 0 Å². The second kappa shape index (κ2) is 7.52. The summed E-state index contributed by atoms with van der Waals surface area (Å²) in [6, 6.07) is 16.1. The van der Waals surface area contributed by atoms with Gasteiger partial charge in [0.25, 0.3) is 0 Å². The maximum Gasteiger partial charge on any atom is 0.177 e. The number of aliphatic hydroxyl groups excluding tert-OH is 1. The average molecular weight is 354 g/mol. The summed E-state index contributed by atoms with van der Waals surface area (Å²) in [6.45, 7) is 2.77. The first-order valence-corrected chi connectivity index (χ1v) is 9.62. The molecule has 5 heteroatoms. The minimum absolute atomic E-state index is 0.331. The van der Waals surface area contributed by atoms with Crippen molar-refractivity contribution in [2.24, 2.45) is 5.92 Å². The number of likely N-dealkylation sites (tertiary alicyclic amines) is 1. The molecule has 1 aliphatic rings. The van der Waals surface area contributed by atoms with Crippen LogP contribution in [0.3, 0.4) is 0 Å². The molecule has 1 aromatic carbocycles. The van der Waals surface area contributed by atoms with Crippen LogP contribution in [0, 0.1) is 5.92 Å². The van der Waals surface area contributed by atoms with Crippen molar-refractivity contribution in [3.05, 3.63) is 65.2 Å². The molecular formula is C20H22N2O2S. The van der Waals surface area contributed by atoms with Crippen molar-refractivity contribution in [2.75, 3.05) is 13.1 Å². The Bertz CT molecular complexity index is 777. The fourth-order valence-electron chi connectivity index (χ4n) is 3.50. The number of aromatic nitrogens is 1. The quantitative estimate of drug-likeness (QED) is 0.740. The van der Waals surface area contributed by atoms with Crippen LogP contribution < -0.4 is 0 Å². The summed E-state index contributed by atoms with van der Waals surface area (Å²) in [5, 5.41) is 16.8. The molecule has 25 heavy (non-hydrogen) atoms. The molecule has 0 radical (unpaired) electrons. The summed E-state index contributed by atoms with van der Waals surface area (Å²) in [4.78, 5) is 3.51. The van der Waals surface area contributed by atoms with Gasteiger partial charge in [0.05, 0.1) is 16.7 Å². The van der Waals surface area contributed by atoms with Crippen molar-refractivity contribution < 1.29 is 9.63 Å². The summed E-state index contributed by atoms with van der Waals surface area (Å²) in [5.41, 5.74) is 2.00. The predicted octanol–water partition coefficient (Wildman–Crippen LogP) is 4.35. The van der Waals surface area contributed by atoms with E-state index in [2.05, 4.69) is 10.1 Å². The molecule has 1 saturated heterocycles. The van der Waals surface area contributed by atoms with Gasteiger partial charge in [-0.15, -0.1) is 11.3 Å². The van der Waals surface area contributed by atoms with E-state index in [1.165, 1.54) is 0 Å². The maximum atomic E-state index is 10.6. The minimum atomic E-state index is -0.360. The van der Waals surface area contributed by atoms with Crippen LogP contribution in [0.4, 0.5) is 0 Å². The molecule has 1 unspecified atom stereocenters. The highest BCUT2D eigenvalue weighted by atomic mass is 32.1. The Morgan fingerprint density at radius 3 is 2.68 bits per heavy atom. The zero-order valence-electron chi connectivity index (χ0n) is 14.0. The molecule has 4 nitrogen and oxygen atoms in total. The summed E-state index contributed by atoms with van der Waals surface area (Å²) in [7, 11) is 0. The molecule has 0 bridgehead atoms. The molecule has 0 amide bonds. The van der Waals surface area contributed by atoms with E-state index in [1.807, 2.05) is 53.9 Å². The summed E-state index contributed by atoms with van der Waals surface area (Å²) in [6.07, 6.45) is 1.65. The molecule has 0 saturated carbocycles. The van der Waals surface area contributed by atoms with E-state index in [1.54, 1.807) is 11.3 Å². The van der Waals surface area contributed by atoms with E-state index >= 15 is 0 Å². The molecule has 130 valence electrons. The number of aliphatic hydroxyl groups is 1. The fourth-order valence-corrected chi connectivity index (χ4v) is 4.17. The van der Waals surface area contributed by atoms with Crippen LogP contribution in [0.15, 0.2) is 58.4 Å². The van der Waals surface area contributed by atoms with Gasteiger partial charge in [0.1, 0.15) is 0 Å². The van der Waals surface area contributed by atoms with Crippen molar-refractivity contribution in [2.45, 2.75) is 25.5 Å². The lowest BCUT2D eigenvalue weighted by molar-refractivity contribution is 0.0561. The molecule has 1 aliphatic heterocycles. The second-order valence-electron chi connectivity index (χ2n) is 6.63. The highest BCUT2D eigenvalue weighted by molar-refractivity contribution is 7.13. The summed E-state index contributed by atoms with van der Waals surface area (Å²) < 4.78 is 5.46. The Balaban J connectivity index is 1.32. The molecule has 3 heterocycles. The number of hydrogen-bond donors (Lipinski definition) is 1. The van der Waals surface area contributed by atoms with Crippen LogP contribution in [0.5, 0.6) is 0 Å². The standard InChI is InChI=1S/C20H22N2O2S/c23-20(15-5-2-1-3-6-15)16-8-10-22(11-9-16)14-17-13-18(24-21-17)19-7-4-12-25-19/h1-7,12-13,16,20,23H,8-11,14H2. The first-order valence-electron chi connectivity index (χ1n) is 8.74. The van der Waals surface area contributed by atoms with Crippen molar-refractivity contribution in [1.82, 2.24) is 10.1 Å². The van der Waals surface area contributed by atoms with Gasteiger partial charge in [-0.3, -0.25) is 4.90 Å². The first kappa shape index (κ1) is 16.5. The Morgan fingerprint density at radius 1 is 1.16 bits per heavy atom. The van der Waals surface area contributed by atoms with Crippen LogP contribution in [-0.4, -0.2) is 28.3 Å². The van der Waals surface area contributed by atoms with Crippen LogP contribution in [0.1, 0.15) is 30.2 Å². The molecule has 1 fully saturated rings. The number of hydrogen-bond acceptors (Lipinski definition) is 5. The predicted molar refractivity (Wildman–Crippen MR) is 99.2 cm³/mol. The average Bonchev–Trinajstić information content (AvgIpc) is 3.34. The van der Waals surface area contributed by atoms with Gasteiger partial charge in [-0.05, 0) is 48.9 Å². The van der Waals surface area contributed by atoms with Crippen LogP contribution >= 0.6 is 11.3 Å². The molecule has 1 N–H and O–H groups in total. The minimum Gasteiger partial charge on any atom is -0.388 e. The summed E-state index contributed by atoms with van der Waals surface area (Å²) >= 11 is 1.66. The number of rotatable bonds is 5. The van der Waals surface area contributed by atoms with Gasteiger partial charge in [-0.2, -0.15) is 0 Å². The third-order valence-electron chi connectivity index (χ3n) is 4.93. The Morgan fingerprint density at radius 2 is 1.96 bits per heavy atom. The topological polar surface area (TPSA) is 49.5 Å². The third kappa shape index (κ3) is 3.84. The van der Waals surface area contributed by atoms with Crippen molar-refractivity contribution in [3.8, 4) is 10.6 Å². The van der Waals surface area contributed by atoms with E-state index in [0.29, 0.717) is 5.92 Å². The van der Waals surface area contributed by atoms with E-state index in [0.717, 1.165) is 54.4 Å². The van der Waals surface area contributed by atoms with Gasteiger partial charge in [-0.1, -0.05) is 41.6 Å². The second-order valence-corrected chi connectivity index (χ2v) is 7.58. The summed E-state index contributed by atoms with van der Waals surface area (Å²) in [5.74, 6) is 1.18.